The van der Waals surface area contributed by atoms with Gasteiger partial charge in [0.2, 0.25) is 5.17 Å². The maximum absolute atomic E-state index is 12.6. The normalized spacial score (nSPS) is 11.1. The van der Waals surface area contributed by atoms with Crippen molar-refractivity contribution in [2.45, 2.75) is 0 Å². The van der Waals surface area contributed by atoms with Crippen LogP contribution in [0.25, 0.3) is 0 Å². The second kappa shape index (κ2) is 5.46. The van der Waals surface area contributed by atoms with Gasteiger partial charge >= 0.3 is 0 Å². The van der Waals surface area contributed by atoms with Crippen molar-refractivity contribution < 1.29 is 9.18 Å². The number of halogens is 2. The van der Waals surface area contributed by atoms with Gasteiger partial charge in [-0.1, -0.05) is 11.6 Å². The lowest BCUT2D eigenvalue weighted by atomic mass is 10.3. The molecule has 0 radical (unpaired) electrons. The molecule has 1 rings (SSSR count). The molecule has 0 saturated heterocycles. The molecule has 0 saturated carbocycles. The quantitative estimate of drug-likeness (QED) is 0.651. The molecule has 0 atom stereocenters. The second-order valence-corrected chi connectivity index (χ2v) is 3.58. The average molecular weight is 244 g/mol. The van der Waals surface area contributed by atoms with Crippen molar-refractivity contribution in [2.75, 3.05) is 19.5 Å². The molecule has 0 unspecified atom stereocenters. The minimum absolute atomic E-state index is 0.186. The minimum Gasteiger partial charge on any atom is -0.343 e. The van der Waals surface area contributed by atoms with E-state index in [9.17, 15) is 9.18 Å². The molecule has 0 aliphatic carbocycles. The van der Waals surface area contributed by atoms with Crippen molar-refractivity contribution in [2.24, 2.45) is 5.10 Å². The maximum Gasteiger partial charge on any atom is 0.285 e. The van der Waals surface area contributed by atoms with E-state index in [-0.39, 0.29) is 11.0 Å². The van der Waals surface area contributed by atoms with Gasteiger partial charge in [0, 0.05) is 14.1 Å². The predicted molar refractivity (Wildman–Crippen MR) is 62.0 cm³/mol. The van der Waals surface area contributed by atoms with E-state index in [1.54, 1.807) is 14.1 Å². The molecule has 1 aromatic rings. The lowest BCUT2D eigenvalue weighted by Crippen LogP contribution is -2.27. The van der Waals surface area contributed by atoms with Crippen LogP contribution in [0.3, 0.4) is 0 Å². The molecule has 0 heterocycles. The highest BCUT2D eigenvalue weighted by Gasteiger charge is 2.10. The summed E-state index contributed by atoms with van der Waals surface area (Å²) >= 11 is 5.63. The monoisotopic (exact) mass is 243 g/mol. The third-order valence-corrected chi connectivity index (χ3v) is 1.96. The molecule has 0 spiro atoms. The third-order valence-electron chi connectivity index (χ3n) is 1.71. The molecule has 0 fully saturated rings. The zero-order valence-corrected chi connectivity index (χ0v) is 9.62. The summed E-state index contributed by atoms with van der Waals surface area (Å²) in [5.74, 6) is -0.749. The van der Waals surface area contributed by atoms with Crippen LogP contribution in [0.15, 0.2) is 29.4 Å². The van der Waals surface area contributed by atoms with Crippen molar-refractivity contribution in [3.63, 3.8) is 0 Å². The fraction of sp³-hybridized carbons (Fsp3) is 0.200. The van der Waals surface area contributed by atoms with E-state index in [1.165, 1.54) is 29.2 Å². The Balaban J connectivity index is 2.66. The van der Waals surface area contributed by atoms with Crippen LogP contribution in [-0.2, 0) is 4.79 Å². The number of hydrogen-bond acceptors (Lipinski definition) is 3. The van der Waals surface area contributed by atoms with E-state index >= 15 is 0 Å². The summed E-state index contributed by atoms with van der Waals surface area (Å²) in [6.45, 7) is 0. The first-order valence-electron chi connectivity index (χ1n) is 4.47. The van der Waals surface area contributed by atoms with E-state index in [0.717, 1.165) is 0 Å². The van der Waals surface area contributed by atoms with Gasteiger partial charge in [-0.05, 0) is 24.3 Å². The van der Waals surface area contributed by atoms with Crippen LogP contribution in [0.4, 0.5) is 10.1 Å². The van der Waals surface area contributed by atoms with Crippen molar-refractivity contribution in [1.29, 1.82) is 0 Å². The van der Waals surface area contributed by atoms with Gasteiger partial charge in [-0.25, -0.2) is 4.39 Å². The number of amides is 1. The van der Waals surface area contributed by atoms with E-state index in [4.69, 9.17) is 11.6 Å². The zero-order chi connectivity index (χ0) is 12.1. The summed E-state index contributed by atoms with van der Waals surface area (Å²) < 4.78 is 12.6. The summed E-state index contributed by atoms with van der Waals surface area (Å²) in [7, 11) is 3.14. The number of hydrazone groups is 1. The Kier molecular flexibility index (Phi) is 4.25. The van der Waals surface area contributed by atoms with Gasteiger partial charge < -0.3 is 4.90 Å². The van der Waals surface area contributed by atoms with E-state index < -0.39 is 5.91 Å². The van der Waals surface area contributed by atoms with Crippen LogP contribution in [0, 0.1) is 5.82 Å². The molecule has 16 heavy (non-hydrogen) atoms. The molecule has 0 bridgehead atoms. The van der Waals surface area contributed by atoms with Crippen LogP contribution >= 0.6 is 11.6 Å². The first-order chi connectivity index (χ1) is 7.50. The van der Waals surface area contributed by atoms with E-state index in [1.807, 2.05) is 0 Å². The van der Waals surface area contributed by atoms with Gasteiger partial charge in [-0.3, -0.25) is 10.2 Å². The SMILES string of the molecule is CN(C)C(=O)/C(Cl)=N/Nc1ccc(F)cc1. The number of anilines is 1. The number of hydrogen-bond donors (Lipinski definition) is 1. The van der Waals surface area contributed by atoms with Gasteiger partial charge in [0.05, 0.1) is 5.69 Å². The Morgan fingerprint density at radius 2 is 1.94 bits per heavy atom. The van der Waals surface area contributed by atoms with Crippen LogP contribution in [0.2, 0.25) is 0 Å². The number of rotatable bonds is 3. The Hall–Kier alpha value is -1.62. The molecule has 0 aliphatic heterocycles. The summed E-state index contributed by atoms with van der Waals surface area (Å²) in [5.41, 5.74) is 3.10. The highest BCUT2D eigenvalue weighted by molar-refractivity contribution is 6.82. The van der Waals surface area contributed by atoms with Crippen molar-refractivity contribution in [3.8, 4) is 0 Å². The van der Waals surface area contributed by atoms with Gasteiger partial charge in [-0.15, -0.1) is 0 Å². The number of nitrogens with one attached hydrogen (secondary N) is 1. The lowest BCUT2D eigenvalue weighted by molar-refractivity contribution is -0.121. The number of benzene rings is 1. The summed E-state index contributed by atoms with van der Waals surface area (Å²) in [6.07, 6.45) is 0. The molecule has 1 aromatic carbocycles. The van der Waals surface area contributed by atoms with Crippen LogP contribution in [0.1, 0.15) is 0 Å². The number of nitrogens with zero attached hydrogens (tertiary/aromatic N) is 2. The van der Waals surface area contributed by atoms with Crippen LogP contribution < -0.4 is 5.43 Å². The Bertz CT molecular complexity index is 403. The first kappa shape index (κ1) is 12.4. The lowest BCUT2D eigenvalue weighted by Gasteiger charge is -2.08. The summed E-state index contributed by atoms with van der Waals surface area (Å²) in [5, 5.41) is 3.48. The molecule has 1 N–H and O–H groups in total. The highest BCUT2D eigenvalue weighted by Crippen LogP contribution is 2.08. The summed E-state index contributed by atoms with van der Waals surface area (Å²) in [4.78, 5) is 12.6. The predicted octanol–water partition coefficient (Wildman–Crippen LogP) is 1.88. The molecule has 4 nitrogen and oxygen atoms in total. The standard InChI is InChI=1S/C10H11ClFN3O/c1-15(2)10(16)9(11)14-13-8-5-3-7(12)4-6-8/h3-6,13H,1-2H3/b14-9-. The van der Waals surface area contributed by atoms with Crippen molar-refractivity contribution in [1.82, 2.24) is 4.90 Å². The average Bonchev–Trinajstić information content (AvgIpc) is 2.26. The molecule has 1 amide bonds. The van der Waals surface area contributed by atoms with Gasteiger partial charge in [0.1, 0.15) is 5.82 Å². The minimum atomic E-state index is -0.406. The topological polar surface area (TPSA) is 44.7 Å². The highest BCUT2D eigenvalue weighted by atomic mass is 35.5. The fourth-order valence-electron chi connectivity index (χ4n) is 0.870. The van der Waals surface area contributed by atoms with E-state index in [2.05, 4.69) is 10.5 Å². The zero-order valence-electron chi connectivity index (χ0n) is 8.87. The second-order valence-electron chi connectivity index (χ2n) is 3.22. The van der Waals surface area contributed by atoms with Crippen molar-refractivity contribution in [3.05, 3.63) is 30.1 Å². The smallest absolute Gasteiger partial charge is 0.285 e. The van der Waals surface area contributed by atoms with Gasteiger partial charge in [0.25, 0.3) is 5.91 Å². The van der Waals surface area contributed by atoms with E-state index in [0.29, 0.717) is 5.69 Å². The maximum atomic E-state index is 12.6. The Labute approximate surface area is 97.7 Å². The third kappa shape index (κ3) is 3.51. The molecule has 0 aromatic heterocycles. The van der Waals surface area contributed by atoms with Gasteiger partial charge in [-0.2, -0.15) is 5.10 Å². The van der Waals surface area contributed by atoms with Crippen molar-refractivity contribution >= 4 is 28.4 Å². The number of carbonyl (C=O) groups is 1. The van der Waals surface area contributed by atoms with Crippen LogP contribution in [-0.4, -0.2) is 30.1 Å². The largest absolute Gasteiger partial charge is 0.343 e. The van der Waals surface area contributed by atoms with Gasteiger partial charge in [0.15, 0.2) is 0 Å². The molecule has 86 valence electrons. The summed E-state index contributed by atoms with van der Waals surface area (Å²) in [6, 6.07) is 5.53. The first-order valence-corrected chi connectivity index (χ1v) is 4.85. The number of carbonyl (C=O) groups excluding carboxylic acids is 1. The fourth-order valence-corrected chi connectivity index (χ4v) is 1.08. The molecular weight excluding hydrogens is 233 g/mol. The molecule has 0 aliphatic rings. The molecule has 6 heteroatoms. The molecular formula is C10H11ClFN3O. The van der Waals surface area contributed by atoms with Crippen LogP contribution in [0.5, 0.6) is 0 Å². The Morgan fingerprint density at radius 3 is 2.44 bits per heavy atom. The Morgan fingerprint density at radius 1 is 1.38 bits per heavy atom.